The number of anilines is 1. The molecule has 1 fully saturated rings. The Morgan fingerprint density at radius 1 is 1.43 bits per heavy atom. The number of nitrogens with zero attached hydrogens (tertiary/aromatic N) is 2. The Morgan fingerprint density at radius 2 is 2.39 bits per heavy atom. The van der Waals surface area contributed by atoms with Gasteiger partial charge in [-0.15, -0.1) is 0 Å². The average Bonchev–Trinajstić information content (AvgIpc) is 3.28. The van der Waals surface area contributed by atoms with E-state index in [-0.39, 0.29) is 5.91 Å². The molecule has 0 bridgehead atoms. The number of amides is 1. The fourth-order valence-electron chi connectivity index (χ4n) is 3.13. The largest absolute Gasteiger partial charge is 0.346 e. The summed E-state index contributed by atoms with van der Waals surface area (Å²) in [5.41, 5.74) is 3.53. The second kappa shape index (κ2) is 5.85. The van der Waals surface area contributed by atoms with Crippen LogP contribution in [-0.4, -0.2) is 39.2 Å². The van der Waals surface area contributed by atoms with Gasteiger partial charge in [0.1, 0.15) is 5.65 Å². The van der Waals surface area contributed by atoms with Crippen LogP contribution >= 0.6 is 0 Å². The second-order valence-corrected chi connectivity index (χ2v) is 5.83. The number of aromatic amines is 2. The van der Waals surface area contributed by atoms with Gasteiger partial charge < -0.3 is 15.6 Å². The van der Waals surface area contributed by atoms with E-state index in [1.165, 1.54) is 0 Å². The molecule has 1 atom stereocenters. The van der Waals surface area contributed by atoms with Crippen LogP contribution in [0.25, 0.3) is 11.0 Å². The van der Waals surface area contributed by atoms with E-state index in [4.69, 9.17) is 0 Å². The van der Waals surface area contributed by atoms with Crippen molar-refractivity contribution >= 4 is 22.6 Å². The summed E-state index contributed by atoms with van der Waals surface area (Å²) in [5, 5.41) is 14.4. The molecule has 1 amide bonds. The summed E-state index contributed by atoms with van der Waals surface area (Å²) in [4.78, 5) is 19.7. The number of fused-ring (bicyclic) bond motifs is 1. The Kier molecular flexibility index (Phi) is 3.55. The third-order valence-corrected chi connectivity index (χ3v) is 4.30. The number of aromatic nitrogens is 4. The number of pyridine rings is 1. The molecule has 0 saturated carbocycles. The molecule has 23 heavy (non-hydrogen) atoms. The number of nitrogens with one attached hydrogen (secondary N) is 4. The lowest BCUT2D eigenvalue weighted by Gasteiger charge is -2.10. The highest BCUT2D eigenvalue weighted by Crippen LogP contribution is 2.27. The van der Waals surface area contributed by atoms with Crippen molar-refractivity contribution in [3.8, 4) is 0 Å². The number of hydrogen-bond acceptors (Lipinski definition) is 4. The molecule has 1 unspecified atom stereocenters. The molecule has 1 aliphatic heterocycles. The van der Waals surface area contributed by atoms with Crippen molar-refractivity contribution in [3.63, 3.8) is 0 Å². The summed E-state index contributed by atoms with van der Waals surface area (Å²) in [6.45, 7) is 1.92. The third kappa shape index (κ3) is 2.70. The number of hydrogen-bond donors (Lipinski definition) is 4. The number of carbonyl (C=O) groups is 1. The smallest absolute Gasteiger partial charge is 0.228 e. The van der Waals surface area contributed by atoms with Gasteiger partial charge in [0, 0.05) is 30.2 Å². The maximum atomic E-state index is 12.4. The van der Waals surface area contributed by atoms with E-state index in [9.17, 15) is 4.79 Å². The number of rotatable bonds is 4. The maximum Gasteiger partial charge on any atom is 0.228 e. The summed E-state index contributed by atoms with van der Waals surface area (Å²) in [7, 11) is 0. The Labute approximate surface area is 132 Å². The fraction of sp³-hybridized carbons (Fsp3) is 0.312. The van der Waals surface area contributed by atoms with E-state index in [0.717, 1.165) is 47.5 Å². The van der Waals surface area contributed by atoms with Gasteiger partial charge >= 0.3 is 0 Å². The highest BCUT2D eigenvalue weighted by atomic mass is 16.1. The highest BCUT2D eigenvalue weighted by molar-refractivity contribution is 5.95. The molecule has 4 N–H and O–H groups in total. The predicted molar refractivity (Wildman–Crippen MR) is 87.2 cm³/mol. The summed E-state index contributed by atoms with van der Waals surface area (Å²) in [5.74, 6) is 0.327. The van der Waals surface area contributed by atoms with Gasteiger partial charge in [-0.3, -0.25) is 9.89 Å². The third-order valence-electron chi connectivity index (χ3n) is 4.30. The molecule has 0 radical (unpaired) electrons. The predicted octanol–water partition coefficient (Wildman–Crippen LogP) is 1.54. The molecule has 118 valence electrons. The van der Waals surface area contributed by atoms with Crippen LogP contribution in [0.15, 0.2) is 30.7 Å². The average molecular weight is 310 g/mol. The molecule has 7 heteroatoms. The topological polar surface area (TPSA) is 98.5 Å². The van der Waals surface area contributed by atoms with Crippen LogP contribution in [0.1, 0.15) is 23.6 Å². The first kappa shape index (κ1) is 14.0. The minimum Gasteiger partial charge on any atom is -0.346 e. The summed E-state index contributed by atoms with van der Waals surface area (Å²) < 4.78 is 0. The molecule has 1 saturated heterocycles. The number of H-pyrrole nitrogens is 2. The van der Waals surface area contributed by atoms with Gasteiger partial charge in [0.15, 0.2) is 0 Å². The van der Waals surface area contributed by atoms with Gasteiger partial charge in [-0.25, -0.2) is 4.98 Å². The van der Waals surface area contributed by atoms with E-state index >= 15 is 0 Å². The van der Waals surface area contributed by atoms with Crippen molar-refractivity contribution in [2.75, 3.05) is 18.4 Å². The van der Waals surface area contributed by atoms with Crippen LogP contribution in [0, 0.1) is 0 Å². The Morgan fingerprint density at radius 3 is 3.26 bits per heavy atom. The lowest BCUT2D eigenvalue weighted by Crippen LogP contribution is -2.16. The lowest BCUT2D eigenvalue weighted by molar-refractivity contribution is -0.115. The van der Waals surface area contributed by atoms with Gasteiger partial charge in [-0.05, 0) is 30.7 Å². The standard InChI is InChI=1S/C16H18N6O/c23-14(6-11-8-19-16-12(11)2-1-4-18-16)21-13-9-20-22-15(13)10-3-5-17-7-10/h1-2,4,8-10,17H,3,5-7H2,(H,18,19)(H,20,22)(H,21,23). The summed E-state index contributed by atoms with van der Waals surface area (Å²) in [6.07, 6.45) is 6.62. The molecule has 4 rings (SSSR count). The molecule has 3 aromatic rings. The van der Waals surface area contributed by atoms with Crippen molar-refractivity contribution in [1.82, 2.24) is 25.5 Å². The minimum absolute atomic E-state index is 0.0524. The Hall–Kier alpha value is -2.67. The van der Waals surface area contributed by atoms with Crippen molar-refractivity contribution in [2.24, 2.45) is 0 Å². The Bertz CT molecular complexity index is 830. The molecular weight excluding hydrogens is 292 g/mol. The van der Waals surface area contributed by atoms with Crippen molar-refractivity contribution in [3.05, 3.63) is 42.0 Å². The van der Waals surface area contributed by atoms with Crippen molar-refractivity contribution in [2.45, 2.75) is 18.8 Å². The van der Waals surface area contributed by atoms with Gasteiger partial charge in [-0.2, -0.15) is 5.10 Å². The minimum atomic E-state index is -0.0524. The zero-order valence-electron chi connectivity index (χ0n) is 12.6. The van der Waals surface area contributed by atoms with Gasteiger partial charge in [0.2, 0.25) is 5.91 Å². The zero-order valence-corrected chi connectivity index (χ0v) is 12.6. The summed E-state index contributed by atoms with van der Waals surface area (Å²) >= 11 is 0. The van der Waals surface area contributed by atoms with Gasteiger partial charge in [-0.1, -0.05) is 0 Å². The fourth-order valence-corrected chi connectivity index (χ4v) is 3.13. The first-order valence-electron chi connectivity index (χ1n) is 7.76. The van der Waals surface area contributed by atoms with Crippen LogP contribution in [-0.2, 0) is 11.2 Å². The lowest BCUT2D eigenvalue weighted by atomic mass is 10.0. The molecule has 7 nitrogen and oxygen atoms in total. The van der Waals surface area contributed by atoms with E-state index in [2.05, 4.69) is 30.8 Å². The second-order valence-electron chi connectivity index (χ2n) is 5.83. The quantitative estimate of drug-likeness (QED) is 0.587. The number of carbonyl (C=O) groups excluding carboxylic acids is 1. The Balaban J connectivity index is 1.49. The van der Waals surface area contributed by atoms with Crippen LogP contribution in [0.2, 0.25) is 0 Å². The molecule has 4 heterocycles. The highest BCUT2D eigenvalue weighted by Gasteiger charge is 2.22. The molecule has 0 aliphatic carbocycles. The molecule has 1 aliphatic rings. The van der Waals surface area contributed by atoms with Crippen LogP contribution < -0.4 is 10.6 Å². The van der Waals surface area contributed by atoms with E-state index < -0.39 is 0 Å². The van der Waals surface area contributed by atoms with E-state index in [1.807, 2.05) is 18.3 Å². The molecule has 0 spiro atoms. The van der Waals surface area contributed by atoms with Crippen LogP contribution in [0.4, 0.5) is 5.69 Å². The van der Waals surface area contributed by atoms with E-state index in [0.29, 0.717) is 12.3 Å². The molecular formula is C16H18N6O. The van der Waals surface area contributed by atoms with E-state index in [1.54, 1.807) is 12.4 Å². The molecule has 0 aromatic carbocycles. The molecule has 3 aromatic heterocycles. The van der Waals surface area contributed by atoms with Gasteiger partial charge in [0.25, 0.3) is 0 Å². The summed E-state index contributed by atoms with van der Waals surface area (Å²) in [6, 6.07) is 3.84. The monoisotopic (exact) mass is 310 g/mol. The maximum absolute atomic E-state index is 12.4. The van der Waals surface area contributed by atoms with Crippen molar-refractivity contribution < 1.29 is 4.79 Å². The van der Waals surface area contributed by atoms with Gasteiger partial charge in [0.05, 0.1) is 24.0 Å². The zero-order chi connectivity index (χ0) is 15.6. The first-order valence-corrected chi connectivity index (χ1v) is 7.76. The first-order chi connectivity index (χ1) is 11.3. The normalized spacial score (nSPS) is 17.7. The van der Waals surface area contributed by atoms with Crippen molar-refractivity contribution in [1.29, 1.82) is 0 Å². The van der Waals surface area contributed by atoms with Crippen LogP contribution in [0.3, 0.4) is 0 Å². The van der Waals surface area contributed by atoms with Crippen LogP contribution in [0.5, 0.6) is 0 Å². The SMILES string of the molecule is O=C(Cc1c[nH]c2ncccc12)Nc1cn[nH]c1C1CCNC1.